The van der Waals surface area contributed by atoms with Gasteiger partial charge in [0.05, 0.1) is 10.5 Å². The van der Waals surface area contributed by atoms with Gasteiger partial charge in [0, 0.05) is 22.5 Å². The van der Waals surface area contributed by atoms with Crippen LogP contribution in [0.2, 0.25) is 0 Å². The quantitative estimate of drug-likeness (QED) is 0.901. The Morgan fingerprint density at radius 2 is 1.81 bits per heavy atom. The minimum atomic E-state index is -4.46. The van der Waals surface area contributed by atoms with Gasteiger partial charge in [0.1, 0.15) is 0 Å². The highest BCUT2D eigenvalue weighted by Gasteiger charge is 2.30. The van der Waals surface area contributed by atoms with Crippen molar-refractivity contribution in [2.45, 2.75) is 17.6 Å². The van der Waals surface area contributed by atoms with Gasteiger partial charge in [0.2, 0.25) is 0 Å². The Morgan fingerprint density at radius 3 is 2.29 bits per heavy atom. The molecule has 0 bridgehead atoms. The highest BCUT2D eigenvalue weighted by Crippen LogP contribution is 2.30. The molecule has 0 saturated carbocycles. The molecule has 0 fully saturated rings. The summed E-state index contributed by atoms with van der Waals surface area (Å²) >= 11 is 1.20. The summed E-state index contributed by atoms with van der Waals surface area (Å²) in [5, 5.41) is 1.43. The van der Waals surface area contributed by atoms with Crippen LogP contribution in [-0.2, 0) is 22.7 Å². The molecule has 0 amide bonds. The molecule has 0 radical (unpaired) electrons. The number of alkyl halides is 3. The highest BCUT2D eigenvalue weighted by atomic mass is 32.2. The zero-order valence-electron chi connectivity index (χ0n) is 10.5. The van der Waals surface area contributed by atoms with E-state index in [1.54, 1.807) is 0 Å². The second-order valence-electron chi connectivity index (χ2n) is 4.13. The molecule has 1 aromatic carbocycles. The monoisotopic (exact) mass is 336 g/mol. The van der Waals surface area contributed by atoms with E-state index in [1.807, 2.05) is 0 Å². The van der Waals surface area contributed by atoms with Crippen molar-refractivity contribution < 1.29 is 21.6 Å². The first-order valence-corrected chi connectivity index (χ1v) is 8.06. The van der Waals surface area contributed by atoms with E-state index in [2.05, 4.69) is 4.72 Å². The lowest BCUT2D eigenvalue weighted by atomic mass is 10.2. The third-order valence-electron chi connectivity index (χ3n) is 2.61. The van der Waals surface area contributed by atoms with Crippen LogP contribution in [0, 0.1) is 0 Å². The van der Waals surface area contributed by atoms with E-state index in [0.717, 1.165) is 24.3 Å². The van der Waals surface area contributed by atoms with E-state index in [0.29, 0.717) is 4.88 Å². The van der Waals surface area contributed by atoms with Crippen molar-refractivity contribution in [3.63, 3.8) is 0 Å². The number of hydrogen-bond donors (Lipinski definition) is 2. The molecule has 21 heavy (non-hydrogen) atoms. The number of nitrogens with two attached hydrogens (primary N) is 1. The van der Waals surface area contributed by atoms with Crippen molar-refractivity contribution in [3.05, 3.63) is 46.2 Å². The molecule has 0 atom stereocenters. The molecule has 1 aromatic heterocycles. The summed E-state index contributed by atoms with van der Waals surface area (Å²) in [5.74, 6) is 0. The van der Waals surface area contributed by atoms with Gasteiger partial charge in [0.25, 0.3) is 10.0 Å². The molecule has 2 aromatic rings. The van der Waals surface area contributed by atoms with Crippen LogP contribution in [-0.4, -0.2) is 8.42 Å². The molecular formula is C12H11F3N2O2S2. The first-order valence-electron chi connectivity index (χ1n) is 5.70. The first-order chi connectivity index (χ1) is 9.72. The van der Waals surface area contributed by atoms with Crippen LogP contribution in [0.15, 0.2) is 40.6 Å². The fourth-order valence-electron chi connectivity index (χ4n) is 1.55. The zero-order chi connectivity index (χ0) is 15.7. The number of nitrogens with one attached hydrogen (secondary N) is 1. The van der Waals surface area contributed by atoms with Crippen molar-refractivity contribution in [1.82, 2.24) is 0 Å². The van der Waals surface area contributed by atoms with Gasteiger partial charge >= 0.3 is 6.18 Å². The first kappa shape index (κ1) is 15.8. The van der Waals surface area contributed by atoms with Crippen LogP contribution in [0.4, 0.5) is 18.9 Å². The lowest BCUT2D eigenvalue weighted by Gasteiger charge is -2.09. The molecule has 0 saturated heterocycles. The predicted octanol–water partition coefficient (Wildman–Crippen LogP) is 3.03. The lowest BCUT2D eigenvalue weighted by molar-refractivity contribution is -0.137. The summed E-state index contributed by atoms with van der Waals surface area (Å²) in [5.41, 5.74) is 4.62. The summed E-state index contributed by atoms with van der Waals surface area (Å²) in [7, 11) is -3.83. The molecule has 0 aliphatic heterocycles. The Balaban J connectivity index is 2.21. The Morgan fingerprint density at radius 1 is 1.19 bits per heavy atom. The highest BCUT2D eigenvalue weighted by molar-refractivity contribution is 7.92. The summed E-state index contributed by atoms with van der Waals surface area (Å²) in [6.07, 6.45) is -4.46. The second kappa shape index (κ2) is 5.66. The number of anilines is 1. The normalized spacial score (nSPS) is 12.4. The van der Waals surface area contributed by atoms with Gasteiger partial charge in [-0.15, -0.1) is 11.3 Å². The maximum absolute atomic E-state index is 12.4. The molecule has 3 N–H and O–H groups in total. The van der Waals surface area contributed by atoms with E-state index in [1.165, 1.54) is 22.8 Å². The van der Waals surface area contributed by atoms with Crippen LogP contribution in [0.5, 0.6) is 0 Å². The number of sulfonamides is 1. The maximum atomic E-state index is 12.4. The molecule has 114 valence electrons. The van der Waals surface area contributed by atoms with Crippen LogP contribution in [0.3, 0.4) is 0 Å². The lowest BCUT2D eigenvalue weighted by Crippen LogP contribution is -2.12. The Bertz CT molecular complexity index is 722. The molecule has 2 rings (SSSR count). The van der Waals surface area contributed by atoms with E-state index in [4.69, 9.17) is 5.73 Å². The Hall–Kier alpha value is -1.58. The Labute approximate surface area is 123 Å². The molecular weight excluding hydrogens is 325 g/mol. The van der Waals surface area contributed by atoms with Crippen molar-refractivity contribution in [1.29, 1.82) is 0 Å². The van der Waals surface area contributed by atoms with Gasteiger partial charge in [-0.25, -0.2) is 8.42 Å². The van der Waals surface area contributed by atoms with Gasteiger partial charge in [-0.2, -0.15) is 13.2 Å². The third kappa shape index (κ3) is 3.74. The molecule has 0 unspecified atom stereocenters. The van der Waals surface area contributed by atoms with Gasteiger partial charge in [-0.1, -0.05) is 0 Å². The number of thiophene rings is 1. The molecule has 1 heterocycles. The van der Waals surface area contributed by atoms with E-state index < -0.39 is 21.8 Å². The predicted molar refractivity (Wildman–Crippen MR) is 74.5 cm³/mol. The van der Waals surface area contributed by atoms with Crippen LogP contribution in [0.1, 0.15) is 10.4 Å². The fraction of sp³-hybridized carbons (Fsp3) is 0.167. The van der Waals surface area contributed by atoms with Crippen molar-refractivity contribution in [3.8, 4) is 0 Å². The van der Waals surface area contributed by atoms with Crippen molar-refractivity contribution in [2.75, 3.05) is 4.72 Å². The topological polar surface area (TPSA) is 72.2 Å². The fourth-order valence-corrected chi connectivity index (χ4v) is 3.76. The molecule has 4 nitrogen and oxygen atoms in total. The van der Waals surface area contributed by atoms with Crippen molar-refractivity contribution >= 4 is 27.0 Å². The molecule has 0 aliphatic carbocycles. The average molecular weight is 336 g/mol. The average Bonchev–Trinajstić information content (AvgIpc) is 2.87. The van der Waals surface area contributed by atoms with Crippen LogP contribution < -0.4 is 10.5 Å². The molecule has 0 spiro atoms. The number of halogens is 3. The number of rotatable bonds is 4. The van der Waals surface area contributed by atoms with E-state index >= 15 is 0 Å². The third-order valence-corrected chi connectivity index (χ3v) is 5.07. The standard InChI is InChI=1S/C12H11F3N2O2S2/c13-12(14,15)8-1-3-9(4-2-8)17-21(18,19)11-5-10(6-16)20-7-11/h1-5,7,17H,6,16H2. The number of benzene rings is 1. The summed E-state index contributed by atoms with van der Waals surface area (Å²) in [6.45, 7) is 0.223. The largest absolute Gasteiger partial charge is 0.416 e. The van der Waals surface area contributed by atoms with E-state index in [-0.39, 0.29) is 17.1 Å². The van der Waals surface area contributed by atoms with Gasteiger partial charge in [-0.3, -0.25) is 4.72 Å². The van der Waals surface area contributed by atoms with Crippen LogP contribution in [0.25, 0.3) is 0 Å². The maximum Gasteiger partial charge on any atom is 0.416 e. The zero-order valence-corrected chi connectivity index (χ0v) is 12.1. The van der Waals surface area contributed by atoms with Gasteiger partial charge in [0.15, 0.2) is 0 Å². The summed E-state index contributed by atoms with van der Waals surface area (Å²) in [6, 6.07) is 5.19. The van der Waals surface area contributed by atoms with Gasteiger partial charge in [-0.05, 0) is 30.3 Å². The summed E-state index contributed by atoms with van der Waals surface area (Å²) < 4.78 is 63.6. The molecule has 0 aliphatic rings. The second-order valence-corrected chi connectivity index (χ2v) is 6.81. The van der Waals surface area contributed by atoms with E-state index in [9.17, 15) is 21.6 Å². The minimum Gasteiger partial charge on any atom is -0.326 e. The van der Waals surface area contributed by atoms with Crippen LogP contribution >= 0.6 is 11.3 Å². The smallest absolute Gasteiger partial charge is 0.326 e. The molecule has 9 heteroatoms. The Kier molecular flexibility index (Phi) is 4.26. The number of hydrogen-bond acceptors (Lipinski definition) is 4. The van der Waals surface area contributed by atoms with Gasteiger partial charge < -0.3 is 5.73 Å². The minimum absolute atomic E-state index is 0.0350. The SMILES string of the molecule is NCc1cc(S(=O)(=O)Nc2ccc(C(F)(F)F)cc2)cs1. The van der Waals surface area contributed by atoms with Crippen molar-refractivity contribution in [2.24, 2.45) is 5.73 Å². The summed E-state index contributed by atoms with van der Waals surface area (Å²) in [4.78, 5) is 0.732.